The van der Waals surface area contributed by atoms with Gasteiger partial charge in [-0.05, 0) is 24.3 Å². The first-order valence-electron chi connectivity index (χ1n) is 10.2. The van der Waals surface area contributed by atoms with Gasteiger partial charge in [-0.1, -0.05) is 6.07 Å². The Hall–Kier alpha value is -3.65. The molecule has 0 N–H and O–H groups in total. The largest absolute Gasteiger partial charge is 0.497 e. The predicted molar refractivity (Wildman–Crippen MR) is 117 cm³/mol. The van der Waals surface area contributed by atoms with E-state index in [0.29, 0.717) is 41.3 Å². The van der Waals surface area contributed by atoms with E-state index in [1.165, 1.54) is 0 Å². The maximum atomic E-state index is 13.0. The summed E-state index contributed by atoms with van der Waals surface area (Å²) >= 11 is 0. The zero-order valence-corrected chi connectivity index (χ0v) is 17.2. The van der Waals surface area contributed by atoms with Crippen molar-refractivity contribution >= 4 is 39.4 Å². The molecule has 4 heterocycles. The van der Waals surface area contributed by atoms with Crippen molar-refractivity contribution in [3.8, 4) is 17.2 Å². The lowest BCUT2D eigenvalue weighted by molar-refractivity contribution is 0.0999. The fourth-order valence-electron chi connectivity index (χ4n) is 4.32. The second kappa shape index (κ2) is 6.68. The lowest BCUT2D eigenvalue weighted by Crippen LogP contribution is -2.36. The standard InChI is InChI=1S/C23H20N4O4/c1-26-16-12-17-20(25-22(31-17)13-4-3-5-14(10-13)29-2)21-19(16)15(23(26)28)11-18(24-21)27-6-8-30-9-7-27/h3-5,10-12H,6-9H2,1-2H3. The average molecular weight is 416 g/mol. The van der Waals surface area contributed by atoms with E-state index in [9.17, 15) is 4.79 Å². The number of hydrogen-bond acceptors (Lipinski definition) is 7. The van der Waals surface area contributed by atoms with Crippen LogP contribution >= 0.6 is 0 Å². The van der Waals surface area contributed by atoms with Crippen LogP contribution in [0.3, 0.4) is 0 Å². The number of amides is 1. The van der Waals surface area contributed by atoms with Crippen molar-refractivity contribution in [2.45, 2.75) is 0 Å². The Kier molecular flexibility index (Phi) is 3.91. The quantitative estimate of drug-likeness (QED) is 0.506. The minimum atomic E-state index is -0.0439. The van der Waals surface area contributed by atoms with Gasteiger partial charge < -0.3 is 23.7 Å². The van der Waals surface area contributed by atoms with E-state index in [1.54, 1.807) is 19.1 Å². The van der Waals surface area contributed by atoms with Gasteiger partial charge in [-0.25, -0.2) is 9.97 Å². The van der Waals surface area contributed by atoms with Gasteiger partial charge in [0.2, 0.25) is 5.89 Å². The predicted octanol–water partition coefficient (Wildman–Crippen LogP) is 3.48. The Morgan fingerprint density at radius 1 is 1.06 bits per heavy atom. The second-order valence-electron chi connectivity index (χ2n) is 7.71. The van der Waals surface area contributed by atoms with Crippen molar-refractivity contribution < 1.29 is 18.7 Å². The van der Waals surface area contributed by atoms with Crippen LogP contribution in [0.4, 0.5) is 11.5 Å². The molecule has 0 unspecified atom stereocenters. The number of carbonyl (C=O) groups excluding carboxylic acids is 1. The van der Waals surface area contributed by atoms with Gasteiger partial charge in [-0.15, -0.1) is 0 Å². The molecule has 2 aliphatic rings. The van der Waals surface area contributed by atoms with Gasteiger partial charge in [0, 0.05) is 37.2 Å². The summed E-state index contributed by atoms with van der Waals surface area (Å²) < 4.78 is 16.9. The molecule has 8 heteroatoms. The topological polar surface area (TPSA) is 80.9 Å². The molecule has 2 aromatic carbocycles. The van der Waals surface area contributed by atoms with Crippen LogP contribution in [-0.4, -0.2) is 56.3 Å². The van der Waals surface area contributed by atoms with Gasteiger partial charge in [0.15, 0.2) is 5.58 Å². The van der Waals surface area contributed by atoms with Gasteiger partial charge in [0.25, 0.3) is 5.91 Å². The number of fused-ring (bicyclic) bond motifs is 2. The Bertz CT molecular complexity index is 1360. The first-order valence-corrected chi connectivity index (χ1v) is 10.2. The molecular weight excluding hydrogens is 396 g/mol. The monoisotopic (exact) mass is 416 g/mol. The molecule has 2 aromatic heterocycles. The first kappa shape index (κ1) is 18.1. The lowest BCUT2D eigenvalue weighted by atomic mass is 10.1. The van der Waals surface area contributed by atoms with Gasteiger partial charge in [0.05, 0.1) is 31.6 Å². The van der Waals surface area contributed by atoms with Crippen molar-refractivity contribution in [3.63, 3.8) is 0 Å². The van der Waals surface area contributed by atoms with E-state index in [0.717, 1.165) is 41.3 Å². The molecule has 1 amide bonds. The number of morpholine rings is 1. The van der Waals surface area contributed by atoms with Crippen LogP contribution in [0.5, 0.6) is 5.75 Å². The third-order valence-electron chi connectivity index (χ3n) is 5.96. The van der Waals surface area contributed by atoms with Crippen molar-refractivity contribution in [2.75, 3.05) is 50.3 Å². The van der Waals surface area contributed by atoms with Crippen molar-refractivity contribution in [1.82, 2.24) is 9.97 Å². The van der Waals surface area contributed by atoms with Crippen LogP contribution in [0.2, 0.25) is 0 Å². The molecule has 0 spiro atoms. The molecule has 0 atom stereocenters. The molecule has 0 aliphatic carbocycles. The molecule has 0 saturated carbocycles. The number of anilines is 2. The molecule has 0 bridgehead atoms. The molecule has 4 aromatic rings. The minimum Gasteiger partial charge on any atom is -0.497 e. The molecule has 1 saturated heterocycles. The SMILES string of the molecule is COc1cccc(-c2nc3c(cc4c5c(cc(N6CCOCC6)nc53)C(=O)N4C)o2)c1. The lowest BCUT2D eigenvalue weighted by Gasteiger charge is -2.28. The molecule has 1 fully saturated rings. The molecule has 2 aliphatic heterocycles. The van der Waals surface area contributed by atoms with Gasteiger partial charge in [-0.2, -0.15) is 0 Å². The first-order chi connectivity index (χ1) is 15.1. The highest BCUT2D eigenvalue weighted by Crippen LogP contribution is 2.42. The normalized spacial score (nSPS) is 16.0. The van der Waals surface area contributed by atoms with Crippen LogP contribution in [0.1, 0.15) is 10.4 Å². The van der Waals surface area contributed by atoms with Gasteiger partial charge in [-0.3, -0.25) is 4.79 Å². The number of hydrogen-bond donors (Lipinski definition) is 0. The average Bonchev–Trinajstić information content (AvgIpc) is 3.36. The molecule has 0 radical (unpaired) electrons. The van der Waals surface area contributed by atoms with Crippen LogP contribution in [0.25, 0.3) is 33.5 Å². The summed E-state index contributed by atoms with van der Waals surface area (Å²) in [6, 6.07) is 11.3. The number of oxazole rings is 1. The summed E-state index contributed by atoms with van der Waals surface area (Å²) in [6.45, 7) is 2.75. The Morgan fingerprint density at radius 3 is 2.71 bits per heavy atom. The fourth-order valence-corrected chi connectivity index (χ4v) is 4.32. The number of rotatable bonds is 3. The fraction of sp³-hybridized carbons (Fsp3) is 0.261. The number of pyridine rings is 1. The molecular formula is C23H20N4O4. The smallest absolute Gasteiger partial charge is 0.258 e. The number of nitrogens with zero attached hydrogens (tertiary/aromatic N) is 4. The molecule has 8 nitrogen and oxygen atoms in total. The maximum Gasteiger partial charge on any atom is 0.258 e. The summed E-state index contributed by atoms with van der Waals surface area (Å²) in [5.74, 6) is 1.94. The summed E-state index contributed by atoms with van der Waals surface area (Å²) in [7, 11) is 3.40. The van der Waals surface area contributed by atoms with E-state index in [1.807, 2.05) is 36.4 Å². The third-order valence-corrected chi connectivity index (χ3v) is 5.96. The number of methoxy groups -OCH3 is 1. The number of benzene rings is 2. The van der Waals surface area contributed by atoms with E-state index in [4.69, 9.17) is 23.9 Å². The maximum absolute atomic E-state index is 13.0. The highest BCUT2D eigenvalue weighted by molar-refractivity contribution is 6.28. The number of ether oxygens (including phenoxy) is 2. The zero-order chi connectivity index (χ0) is 21.1. The van der Waals surface area contributed by atoms with E-state index >= 15 is 0 Å². The Balaban J connectivity index is 1.60. The van der Waals surface area contributed by atoms with Crippen molar-refractivity contribution in [1.29, 1.82) is 0 Å². The van der Waals surface area contributed by atoms with Crippen LogP contribution < -0.4 is 14.5 Å². The Labute approximate surface area is 178 Å². The van der Waals surface area contributed by atoms with E-state index in [2.05, 4.69) is 4.90 Å². The van der Waals surface area contributed by atoms with Crippen LogP contribution in [-0.2, 0) is 4.74 Å². The number of aromatic nitrogens is 2. The highest BCUT2D eigenvalue weighted by atomic mass is 16.5. The van der Waals surface area contributed by atoms with Crippen LogP contribution in [0.15, 0.2) is 40.8 Å². The molecule has 6 rings (SSSR count). The highest BCUT2D eigenvalue weighted by Gasteiger charge is 2.32. The van der Waals surface area contributed by atoms with Crippen LogP contribution in [0, 0.1) is 0 Å². The minimum absolute atomic E-state index is 0.0439. The van der Waals surface area contributed by atoms with E-state index in [-0.39, 0.29) is 5.91 Å². The summed E-state index contributed by atoms with van der Waals surface area (Å²) in [6.07, 6.45) is 0. The van der Waals surface area contributed by atoms with Crippen molar-refractivity contribution in [2.24, 2.45) is 0 Å². The zero-order valence-electron chi connectivity index (χ0n) is 17.2. The van der Waals surface area contributed by atoms with Crippen molar-refractivity contribution in [3.05, 3.63) is 42.0 Å². The Morgan fingerprint density at radius 2 is 1.90 bits per heavy atom. The third kappa shape index (κ3) is 2.68. The molecule has 156 valence electrons. The second-order valence-corrected chi connectivity index (χ2v) is 7.71. The van der Waals surface area contributed by atoms with E-state index < -0.39 is 0 Å². The van der Waals surface area contributed by atoms with Gasteiger partial charge in [0.1, 0.15) is 22.6 Å². The summed E-state index contributed by atoms with van der Waals surface area (Å²) in [5.41, 5.74) is 4.18. The summed E-state index contributed by atoms with van der Waals surface area (Å²) in [4.78, 5) is 26.5. The van der Waals surface area contributed by atoms with Gasteiger partial charge >= 0.3 is 0 Å². The summed E-state index contributed by atoms with van der Waals surface area (Å²) in [5, 5.41) is 0.822. The number of carbonyl (C=O) groups is 1. The molecule has 31 heavy (non-hydrogen) atoms.